The van der Waals surface area contributed by atoms with E-state index in [0.29, 0.717) is 43.3 Å². The van der Waals surface area contributed by atoms with Crippen LogP contribution in [0.1, 0.15) is 40.6 Å². The highest BCUT2D eigenvalue weighted by Crippen LogP contribution is 2.32. The monoisotopic (exact) mass is 406 g/mol. The predicted octanol–water partition coefficient (Wildman–Crippen LogP) is 2.31. The van der Waals surface area contributed by atoms with E-state index in [1.54, 1.807) is 29.5 Å². The summed E-state index contributed by atoms with van der Waals surface area (Å²) < 4.78 is 13.1. The molecule has 154 valence electrons. The third-order valence-corrected chi connectivity index (χ3v) is 5.67. The summed E-state index contributed by atoms with van der Waals surface area (Å²) in [7, 11) is 0. The van der Waals surface area contributed by atoms with Crippen molar-refractivity contribution < 1.29 is 18.7 Å². The average molecular weight is 406 g/mol. The zero-order valence-corrected chi connectivity index (χ0v) is 16.6. The SMILES string of the molecule is C[C@@H]1c2nc(C(=O)NCc3ccco3)cn2CCN1C(=O)[C@H]1Cc2ccccc2O1. The standard InChI is InChI=1S/C22H22N4O4/c1-14-20-24-17(21(27)23-12-16-6-4-10-29-16)13-25(20)8-9-26(14)22(28)19-11-15-5-2-3-7-18(15)30-19/h2-7,10,13-14,19H,8-9,11-12H2,1H3,(H,23,27)/t14-,19-/m1/s1. The van der Waals surface area contributed by atoms with Crippen LogP contribution in [-0.4, -0.2) is 38.9 Å². The van der Waals surface area contributed by atoms with Gasteiger partial charge in [-0.05, 0) is 30.7 Å². The van der Waals surface area contributed by atoms with Crippen LogP contribution in [0.5, 0.6) is 5.75 Å². The number of fused-ring (bicyclic) bond motifs is 2. The highest BCUT2D eigenvalue weighted by atomic mass is 16.5. The third-order valence-electron chi connectivity index (χ3n) is 5.67. The van der Waals surface area contributed by atoms with Crippen molar-refractivity contribution in [3.8, 4) is 5.75 Å². The molecule has 2 amide bonds. The molecule has 4 heterocycles. The largest absolute Gasteiger partial charge is 0.480 e. The van der Waals surface area contributed by atoms with Gasteiger partial charge < -0.3 is 23.9 Å². The Morgan fingerprint density at radius 2 is 2.07 bits per heavy atom. The number of ether oxygens (including phenoxy) is 1. The van der Waals surface area contributed by atoms with E-state index in [0.717, 1.165) is 11.3 Å². The molecule has 1 aromatic carbocycles. The lowest BCUT2D eigenvalue weighted by Crippen LogP contribution is -2.47. The highest BCUT2D eigenvalue weighted by molar-refractivity contribution is 5.92. The zero-order valence-electron chi connectivity index (χ0n) is 16.6. The number of carbonyl (C=O) groups is 2. The van der Waals surface area contributed by atoms with Gasteiger partial charge in [0.15, 0.2) is 6.10 Å². The molecule has 0 radical (unpaired) electrons. The highest BCUT2D eigenvalue weighted by Gasteiger charge is 2.37. The van der Waals surface area contributed by atoms with Crippen molar-refractivity contribution in [3.05, 3.63) is 71.7 Å². The number of hydrogen-bond donors (Lipinski definition) is 1. The van der Waals surface area contributed by atoms with Gasteiger partial charge in [-0.1, -0.05) is 18.2 Å². The van der Waals surface area contributed by atoms with Crippen LogP contribution < -0.4 is 10.1 Å². The minimum absolute atomic E-state index is 0.0447. The van der Waals surface area contributed by atoms with E-state index in [4.69, 9.17) is 9.15 Å². The molecule has 0 unspecified atom stereocenters. The van der Waals surface area contributed by atoms with Crippen molar-refractivity contribution in [1.82, 2.24) is 19.8 Å². The number of rotatable bonds is 4. The molecule has 3 aromatic rings. The number of nitrogens with one attached hydrogen (secondary N) is 1. The number of aromatic nitrogens is 2. The van der Waals surface area contributed by atoms with E-state index in [1.807, 2.05) is 35.8 Å². The fourth-order valence-electron chi connectivity index (χ4n) is 4.08. The van der Waals surface area contributed by atoms with Crippen LogP contribution in [0, 0.1) is 0 Å². The number of nitrogens with zero attached hydrogens (tertiary/aromatic N) is 3. The van der Waals surface area contributed by atoms with E-state index in [2.05, 4.69) is 10.3 Å². The van der Waals surface area contributed by atoms with E-state index < -0.39 is 6.10 Å². The molecule has 2 aliphatic heterocycles. The van der Waals surface area contributed by atoms with Crippen molar-refractivity contribution >= 4 is 11.8 Å². The summed E-state index contributed by atoms with van der Waals surface area (Å²) in [5.74, 6) is 1.84. The number of hydrogen-bond acceptors (Lipinski definition) is 5. The van der Waals surface area contributed by atoms with Crippen LogP contribution in [-0.2, 0) is 24.3 Å². The molecule has 8 heteroatoms. The molecule has 0 aliphatic carbocycles. The Kier molecular flexibility index (Phi) is 4.54. The molecule has 0 fully saturated rings. The predicted molar refractivity (Wildman–Crippen MR) is 107 cm³/mol. The summed E-state index contributed by atoms with van der Waals surface area (Å²) in [6, 6.07) is 11.1. The lowest BCUT2D eigenvalue weighted by Gasteiger charge is -2.35. The van der Waals surface area contributed by atoms with Gasteiger partial charge >= 0.3 is 0 Å². The molecular weight excluding hydrogens is 384 g/mol. The smallest absolute Gasteiger partial charge is 0.271 e. The Balaban J connectivity index is 1.28. The van der Waals surface area contributed by atoms with Crippen LogP contribution in [0.2, 0.25) is 0 Å². The Bertz CT molecular complexity index is 1060. The van der Waals surface area contributed by atoms with Gasteiger partial charge in [-0.3, -0.25) is 9.59 Å². The molecule has 2 aromatic heterocycles. The van der Waals surface area contributed by atoms with Crippen molar-refractivity contribution in [3.63, 3.8) is 0 Å². The van der Waals surface area contributed by atoms with E-state index >= 15 is 0 Å². The Morgan fingerprint density at radius 1 is 1.20 bits per heavy atom. The quantitative estimate of drug-likeness (QED) is 0.718. The molecule has 0 bridgehead atoms. The second kappa shape index (κ2) is 7.37. The van der Waals surface area contributed by atoms with Gasteiger partial charge in [0.1, 0.15) is 23.0 Å². The molecular formula is C22H22N4O4. The molecule has 30 heavy (non-hydrogen) atoms. The molecule has 0 saturated heterocycles. The van der Waals surface area contributed by atoms with Gasteiger partial charge in [0.05, 0.1) is 18.8 Å². The summed E-state index contributed by atoms with van der Waals surface area (Å²) in [5, 5.41) is 2.81. The maximum Gasteiger partial charge on any atom is 0.271 e. The zero-order chi connectivity index (χ0) is 20.7. The fraction of sp³-hybridized carbons (Fsp3) is 0.318. The number of amides is 2. The van der Waals surface area contributed by atoms with E-state index in [1.165, 1.54) is 0 Å². The molecule has 0 saturated carbocycles. The lowest BCUT2D eigenvalue weighted by atomic mass is 10.1. The molecule has 1 N–H and O–H groups in total. The summed E-state index contributed by atoms with van der Waals surface area (Å²) >= 11 is 0. The fourth-order valence-corrected chi connectivity index (χ4v) is 4.08. The van der Waals surface area contributed by atoms with E-state index in [-0.39, 0.29) is 17.9 Å². The summed E-state index contributed by atoms with van der Waals surface area (Å²) in [6.07, 6.45) is 3.37. The molecule has 0 spiro atoms. The van der Waals surface area contributed by atoms with Gasteiger partial charge in [-0.25, -0.2) is 4.98 Å². The molecule has 2 atom stereocenters. The first-order chi connectivity index (χ1) is 14.6. The summed E-state index contributed by atoms with van der Waals surface area (Å²) in [6.45, 7) is 3.37. The van der Waals surface area contributed by atoms with Crippen molar-refractivity contribution in [1.29, 1.82) is 0 Å². The van der Waals surface area contributed by atoms with Crippen LogP contribution in [0.3, 0.4) is 0 Å². The minimum Gasteiger partial charge on any atom is -0.480 e. The Labute approximate surface area is 173 Å². The summed E-state index contributed by atoms with van der Waals surface area (Å²) in [4.78, 5) is 31.9. The lowest BCUT2D eigenvalue weighted by molar-refractivity contribution is -0.141. The third kappa shape index (κ3) is 3.24. The topological polar surface area (TPSA) is 89.6 Å². The number of carbonyl (C=O) groups excluding carboxylic acids is 2. The molecule has 5 rings (SSSR count). The maximum atomic E-state index is 13.1. The average Bonchev–Trinajstić information content (AvgIpc) is 3.51. The summed E-state index contributed by atoms with van der Waals surface area (Å²) in [5.41, 5.74) is 1.39. The minimum atomic E-state index is -0.512. The maximum absolute atomic E-state index is 13.1. The second-order valence-electron chi connectivity index (χ2n) is 7.57. The Morgan fingerprint density at radius 3 is 2.87 bits per heavy atom. The number of furan rings is 1. The van der Waals surface area contributed by atoms with Crippen LogP contribution >= 0.6 is 0 Å². The first kappa shape index (κ1) is 18.5. The van der Waals surface area contributed by atoms with Crippen molar-refractivity contribution in [2.45, 2.75) is 38.6 Å². The second-order valence-corrected chi connectivity index (χ2v) is 7.57. The van der Waals surface area contributed by atoms with Crippen molar-refractivity contribution in [2.75, 3.05) is 6.54 Å². The first-order valence-electron chi connectivity index (χ1n) is 10.0. The van der Waals surface area contributed by atoms with Crippen molar-refractivity contribution in [2.24, 2.45) is 0 Å². The first-order valence-corrected chi connectivity index (χ1v) is 10.0. The Hall–Kier alpha value is -3.55. The van der Waals surface area contributed by atoms with Gasteiger partial charge in [0.25, 0.3) is 11.8 Å². The van der Waals surface area contributed by atoms with Gasteiger partial charge in [-0.2, -0.15) is 0 Å². The molecule has 2 aliphatic rings. The van der Waals surface area contributed by atoms with Crippen LogP contribution in [0.25, 0.3) is 0 Å². The number of para-hydroxylation sites is 1. The van der Waals surface area contributed by atoms with Crippen LogP contribution in [0.15, 0.2) is 53.3 Å². The van der Waals surface area contributed by atoms with E-state index in [9.17, 15) is 9.59 Å². The van der Waals surface area contributed by atoms with Gasteiger partial charge in [0, 0.05) is 25.7 Å². The number of imidazole rings is 1. The number of benzene rings is 1. The molecule has 8 nitrogen and oxygen atoms in total. The van der Waals surface area contributed by atoms with Gasteiger partial charge in [-0.15, -0.1) is 0 Å². The van der Waals surface area contributed by atoms with Gasteiger partial charge in [0.2, 0.25) is 0 Å². The normalized spacial score (nSPS) is 19.7. The van der Waals surface area contributed by atoms with Crippen LogP contribution in [0.4, 0.5) is 0 Å².